The van der Waals surface area contributed by atoms with E-state index in [0.717, 1.165) is 35.0 Å². The second kappa shape index (κ2) is 12.2. The van der Waals surface area contributed by atoms with Crippen LogP contribution >= 0.6 is 23.2 Å². The van der Waals surface area contributed by atoms with Gasteiger partial charge in [0, 0.05) is 42.9 Å². The van der Waals surface area contributed by atoms with E-state index < -0.39 is 0 Å². The highest BCUT2D eigenvalue weighted by atomic mass is 35.5. The van der Waals surface area contributed by atoms with Crippen molar-refractivity contribution in [3.05, 3.63) is 76.6 Å². The van der Waals surface area contributed by atoms with Crippen LogP contribution in [0.5, 0.6) is 0 Å². The predicted molar refractivity (Wildman–Crippen MR) is 121 cm³/mol. The Balaban J connectivity index is 2.18. The second-order valence-electron chi connectivity index (χ2n) is 7.54. The summed E-state index contributed by atoms with van der Waals surface area (Å²) in [6.45, 7) is 9.31. The molecule has 1 aromatic heterocycles. The minimum Gasteiger partial charge on any atom is -0.329 e. The van der Waals surface area contributed by atoms with Gasteiger partial charge in [0.2, 0.25) is 0 Å². The summed E-state index contributed by atoms with van der Waals surface area (Å²) in [4.78, 5) is 6.87. The fraction of sp³-hybridized carbons (Fsp3) is 0.435. The predicted octanol–water partition coefficient (Wildman–Crippen LogP) is 6.38. The maximum absolute atomic E-state index is 13.6. The molecule has 1 aromatic carbocycles. The molecule has 0 unspecified atom stereocenters. The van der Waals surface area contributed by atoms with E-state index >= 15 is 0 Å². The lowest BCUT2D eigenvalue weighted by molar-refractivity contribution is 0.219. The van der Waals surface area contributed by atoms with E-state index in [1.807, 2.05) is 37.5 Å². The lowest BCUT2D eigenvalue weighted by Crippen LogP contribution is -2.28. The zero-order chi connectivity index (χ0) is 21.2. The fourth-order valence-corrected chi connectivity index (χ4v) is 3.54. The average molecular weight is 438 g/mol. The van der Waals surface area contributed by atoms with Gasteiger partial charge in [0.25, 0.3) is 0 Å². The molecular formula is C23H30Cl2FN3. The topological polar surface area (TPSA) is 21.1 Å². The normalized spacial score (nSPS) is 13.0. The molecule has 158 valence electrons. The van der Waals surface area contributed by atoms with E-state index in [2.05, 4.69) is 28.3 Å². The maximum atomic E-state index is 13.6. The van der Waals surface area contributed by atoms with Crippen molar-refractivity contribution in [2.75, 3.05) is 12.4 Å². The Kier molecular flexibility index (Phi) is 9.92. The highest BCUT2D eigenvalue weighted by molar-refractivity contribution is 6.29. The van der Waals surface area contributed by atoms with Gasteiger partial charge in [-0.15, -0.1) is 11.6 Å². The number of halogens is 3. The number of benzene rings is 1. The smallest absolute Gasteiger partial charge is 0.123 e. The summed E-state index contributed by atoms with van der Waals surface area (Å²) in [5, 5.41) is 0.801. The molecule has 0 fully saturated rings. The van der Waals surface area contributed by atoms with Crippen molar-refractivity contribution in [1.29, 1.82) is 0 Å². The Hall–Kier alpha value is -1.62. The molecule has 6 heteroatoms. The van der Waals surface area contributed by atoms with Gasteiger partial charge in [-0.2, -0.15) is 0 Å². The molecule has 0 atom stereocenters. The third-order valence-corrected chi connectivity index (χ3v) is 4.99. The zero-order valence-electron chi connectivity index (χ0n) is 17.4. The molecule has 3 nitrogen and oxygen atoms in total. The minimum atomic E-state index is -0.205. The first-order valence-corrected chi connectivity index (χ1v) is 10.9. The molecule has 2 rings (SSSR count). The van der Waals surface area contributed by atoms with E-state index in [-0.39, 0.29) is 5.82 Å². The van der Waals surface area contributed by atoms with Crippen molar-refractivity contribution < 1.29 is 4.39 Å². The summed E-state index contributed by atoms with van der Waals surface area (Å²) in [6, 6.07) is 6.79. The van der Waals surface area contributed by atoms with Crippen LogP contribution in [-0.2, 0) is 19.6 Å². The lowest BCUT2D eigenvalue weighted by atomic mass is 10.1. The van der Waals surface area contributed by atoms with Gasteiger partial charge in [0.1, 0.15) is 11.6 Å². The number of hydrogen-bond donors (Lipinski definition) is 0. The first-order valence-electron chi connectivity index (χ1n) is 9.99. The molecule has 0 spiro atoms. The van der Waals surface area contributed by atoms with Crippen molar-refractivity contribution in [1.82, 2.24) is 14.5 Å². The van der Waals surface area contributed by atoms with E-state index in [1.54, 1.807) is 12.1 Å². The summed E-state index contributed by atoms with van der Waals surface area (Å²) in [5.74, 6) is 1.68. The number of hydrogen-bond acceptors (Lipinski definition) is 2. The standard InChI is InChI=1S/C23H30Cl2FN3/c1-4-21(25)12-20(8-9-24)16-29-11-10-27-23(29)17-28(14-18(2)3)15-19-6-5-7-22(26)13-19/h5-8,10-13,18H,4,9,14-17H2,1-3H3/b20-8+,21-12+. The molecule has 2 aromatic rings. The van der Waals surface area contributed by atoms with Crippen LogP contribution in [0.25, 0.3) is 0 Å². The van der Waals surface area contributed by atoms with E-state index in [4.69, 9.17) is 23.2 Å². The summed E-state index contributed by atoms with van der Waals surface area (Å²) in [6.07, 6.45) is 8.53. The van der Waals surface area contributed by atoms with Gasteiger partial charge in [0.05, 0.1) is 6.54 Å². The summed E-state index contributed by atoms with van der Waals surface area (Å²) >= 11 is 12.2. The third-order valence-electron chi connectivity index (χ3n) is 4.46. The summed E-state index contributed by atoms with van der Waals surface area (Å²) in [5.41, 5.74) is 2.02. The lowest BCUT2D eigenvalue weighted by Gasteiger charge is -2.24. The molecule has 0 aliphatic rings. The van der Waals surface area contributed by atoms with Crippen molar-refractivity contribution in [2.45, 2.75) is 46.8 Å². The molecule has 0 radical (unpaired) electrons. The van der Waals surface area contributed by atoms with Crippen LogP contribution in [-0.4, -0.2) is 26.9 Å². The average Bonchev–Trinajstić information content (AvgIpc) is 3.07. The number of alkyl halides is 1. The highest BCUT2D eigenvalue weighted by Crippen LogP contribution is 2.16. The minimum absolute atomic E-state index is 0.205. The molecular weight excluding hydrogens is 408 g/mol. The first-order chi connectivity index (χ1) is 13.9. The Bertz CT molecular complexity index is 827. The molecule has 0 N–H and O–H groups in total. The van der Waals surface area contributed by atoms with Crippen molar-refractivity contribution >= 4 is 23.2 Å². The van der Waals surface area contributed by atoms with Gasteiger partial charge in [-0.05, 0) is 41.7 Å². The van der Waals surface area contributed by atoms with E-state index in [0.29, 0.717) is 31.4 Å². The Labute approximate surface area is 183 Å². The zero-order valence-corrected chi connectivity index (χ0v) is 18.9. The molecule has 0 saturated carbocycles. The van der Waals surface area contributed by atoms with Gasteiger partial charge < -0.3 is 4.57 Å². The highest BCUT2D eigenvalue weighted by Gasteiger charge is 2.14. The van der Waals surface area contributed by atoms with Crippen LogP contribution in [0, 0.1) is 11.7 Å². The van der Waals surface area contributed by atoms with Gasteiger partial charge in [0.15, 0.2) is 0 Å². The van der Waals surface area contributed by atoms with E-state index in [9.17, 15) is 4.39 Å². The van der Waals surface area contributed by atoms with Gasteiger partial charge in [-0.1, -0.05) is 50.6 Å². The number of allylic oxidation sites excluding steroid dienone is 4. The Morgan fingerprint density at radius 1 is 1.31 bits per heavy atom. The van der Waals surface area contributed by atoms with Crippen LogP contribution in [0.4, 0.5) is 4.39 Å². The SMILES string of the molecule is CC/C(Cl)=C\C(=C/CCl)Cn1ccnc1CN(Cc1cccc(F)c1)CC(C)C. The Morgan fingerprint density at radius 3 is 2.76 bits per heavy atom. The summed E-state index contributed by atoms with van der Waals surface area (Å²) < 4.78 is 15.7. The van der Waals surface area contributed by atoms with Crippen molar-refractivity contribution in [2.24, 2.45) is 5.92 Å². The molecule has 0 amide bonds. The molecule has 0 aliphatic heterocycles. The number of aromatic nitrogens is 2. The monoisotopic (exact) mass is 437 g/mol. The number of imidazole rings is 1. The maximum Gasteiger partial charge on any atom is 0.123 e. The van der Waals surface area contributed by atoms with Crippen molar-refractivity contribution in [3.63, 3.8) is 0 Å². The van der Waals surface area contributed by atoms with Crippen LogP contribution in [0.1, 0.15) is 38.6 Å². The third kappa shape index (κ3) is 8.33. The fourth-order valence-electron chi connectivity index (χ4n) is 3.20. The molecule has 0 aliphatic carbocycles. The van der Waals surface area contributed by atoms with Crippen LogP contribution < -0.4 is 0 Å². The molecule has 29 heavy (non-hydrogen) atoms. The Morgan fingerprint density at radius 2 is 2.10 bits per heavy atom. The summed E-state index contributed by atoms with van der Waals surface area (Å²) in [7, 11) is 0. The molecule has 1 heterocycles. The van der Waals surface area contributed by atoms with Crippen LogP contribution in [0.15, 0.2) is 59.4 Å². The van der Waals surface area contributed by atoms with Crippen LogP contribution in [0.3, 0.4) is 0 Å². The van der Waals surface area contributed by atoms with Gasteiger partial charge in [-0.3, -0.25) is 4.90 Å². The number of rotatable bonds is 11. The van der Waals surface area contributed by atoms with Crippen LogP contribution in [0.2, 0.25) is 0 Å². The quantitative estimate of drug-likeness (QED) is 0.300. The van der Waals surface area contributed by atoms with Gasteiger partial charge in [-0.25, -0.2) is 9.37 Å². The first kappa shape index (κ1) is 23.7. The van der Waals surface area contributed by atoms with E-state index in [1.165, 1.54) is 6.07 Å². The number of nitrogens with zero attached hydrogens (tertiary/aromatic N) is 3. The van der Waals surface area contributed by atoms with Crippen molar-refractivity contribution in [3.8, 4) is 0 Å². The van der Waals surface area contributed by atoms with Gasteiger partial charge >= 0.3 is 0 Å². The second-order valence-corrected chi connectivity index (χ2v) is 8.34. The molecule has 0 bridgehead atoms. The largest absolute Gasteiger partial charge is 0.329 e. The molecule has 0 saturated heterocycles.